The predicted octanol–water partition coefficient (Wildman–Crippen LogP) is 1.81. The van der Waals surface area contributed by atoms with Crippen LogP contribution in [0, 0.1) is 5.82 Å². The van der Waals surface area contributed by atoms with Crippen LogP contribution in [0.1, 0.15) is 24.8 Å². The van der Waals surface area contributed by atoms with Crippen LogP contribution in [0.15, 0.2) is 6.07 Å². The molecule has 1 aromatic rings. The van der Waals surface area contributed by atoms with Crippen molar-refractivity contribution < 1.29 is 28.9 Å². The van der Waals surface area contributed by atoms with Gasteiger partial charge in [-0.25, -0.2) is 4.39 Å². The molecule has 1 fully saturated rings. The van der Waals surface area contributed by atoms with Gasteiger partial charge in [0.25, 0.3) is 0 Å². The second-order valence-electron chi connectivity index (χ2n) is 4.96. The van der Waals surface area contributed by atoms with Gasteiger partial charge < -0.3 is 19.7 Å². The van der Waals surface area contributed by atoms with Gasteiger partial charge in [0, 0.05) is 17.0 Å². The molecule has 1 saturated carbocycles. The molecule has 102 valence electrons. The zero-order valence-electron chi connectivity index (χ0n) is 10.1. The minimum absolute atomic E-state index is 0.153. The van der Waals surface area contributed by atoms with E-state index < -0.39 is 23.0 Å². The lowest BCUT2D eigenvalue weighted by atomic mass is 9.90. The van der Waals surface area contributed by atoms with Crippen LogP contribution in [0.3, 0.4) is 0 Å². The summed E-state index contributed by atoms with van der Waals surface area (Å²) in [5.74, 6) is -1.80. The summed E-state index contributed by atoms with van der Waals surface area (Å²) in [7, 11) is 0. The lowest BCUT2D eigenvalue weighted by molar-refractivity contribution is -0.137. The Bertz CT molecular complexity index is 550. The van der Waals surface area contributed by atoms with E-state index in [4.69, 9.17) is 14.6 Å². The molecule has 2 aliphatic rings. The largest absolute Gasteiger partial charge is 0.505 e. The maximum Gasteiger partial charge on any atom is 0.304 e. The van der Waals surface area contributed by atoms with Crippen molar-refractivity contribution in [3.05, 3.63) is 17.4 Å². The minimum atomic E-state index is -0.980. The molecule has 0 atom stereocenters. The van der Waals surface area contributed by atoms with Gasteiger partial charge in [-0.15, -0.1) is 0 Å². The molecule has 0 aromatic heterocycles. The summed E-state index contributed by atoms with van der Waals surface area (Å²) >= 11 is 0. The monoisotopic (exact) mass is 268 g/mol. The summed E-state index contributed by atoms with van der Waals surface area (Å²) in [4.78, 5) is 10.9. The topological polar surface area (TPSA) is 76.0 Å². The Hall–Kier alpha value is -1.98. The molecule has 6 heteroatoms. The fourth-order valence-corrected chi connectivity index (χ4v) is 2.59. The van der Waals surface area contributed by atoms with E-state index in [-0.39, 0.29) is 23.5 Å². The number of phenols is 1. The van der Waals surface area contributed by atoms with Gasteiger partial charge in [0.2, 0.25) is 0 Å². The molecule has 2 N–H and O–H groups in total. The summed E-state index contributed by atoms with van der Waals surface area (Å²) in [5, 5.41) is 18.9. The van der Waals surface area contributed by atoms with Crippen LogP contribution in [0.25, 0.3) is 0 Å². The standard InChI is InChI=1S/C13H13FO5/c14-7-5-8-12(19-4-3-18-8)10(11(7)17)13(1-2-13)6-9(15)16/h5,17H,1-4,6H2,(H,15,16). The number of carboxylic acids is 1. The molecule has 1 aliphatic carbocycles. The number of benzene rings is 1. The zero-order chi connectivity index (χ0) is 13.6. The maximum atomic E-state index is 13.7. The summed E-state index contributed by atoms with van der Waals surface area (Å²) < 4.78 is 24.5. The molecule has 1 heterocycles. The maximum absolute atomic E-state index is 13.7. The van der Waals surface area contributed by atoms with E-state index in [0.717, 1.165) is 6.07 Å². The van der Waals surface area contributed by atoms with Crippen LogP contribution in [0.4, 0.5) is 4.39 Å². The van der Waals surface area contributed by atoms with E-state index >= 15 is 0 Å². The number of ether oxygens (including phenoxy) is 2. The number of aromatic hydroxyl groups is 1. The van der Waals surface area contributed by atoms with Gasteiger partial charge in [-0.3, -0.25) is 4.79 Å². The molecule has 3 rings (SSSR count). The van der Waals surface area contributed by atoms with Gasteiger partial charge in [0.05, 0.1) is 6.42 Å². The molecule has 0 spiro atoms. The van der Waals surface area contributed by atoms with Crippen LogP contribution in [0.5, 0.6) is 17.2 Å². The number of rotatable bonds is 3. The Morgan fingerprint density at radius 2 is 2.05 bits per heavy atom. The number of fused-ring (bicyclic) bond motifs is 1. The molecule has 0 radical (unpaired) electrons. The van der Waals surface area contributed by atoms with Crippen molar-refractivity contribution >= 4 is 5.97 Å². The Kier molecular flexibility index (Phi) is 2.55. The van der Waals surface area contributed by atoms with Gasteiger partial charge in [-0.05, 0) is 12.8 Å². The second kappa shape index (κ2) is 4.01. The number of carbonyl (C=O) groups is 1. The van der Waals surface area contributed by atoms with E-state index in [1.165, 1.54) is 0 Å². The number of phenolic OH excluding ortho intramolecular Hbond substituents is 1. The van der Waals surface area contributed by atoms with Crippen LogP contribution < -0.4 is 9.47 Å². The van der Waals surface area contributed by atoms with Crippen molar-refractivity contribution in [2.24, 2.45) is 0 Å². The fourth-order valence-electron chi connectivity index (χ4n) is 2.59. The van der Waals surface area contributed by atoms with E-state index in [2.05, 4.69) is 0 Å². The number of carboxylic acid groups (broad SMARTS) is 1. The van der Waals surface area contributed by atoms with Crippen LogP contribution >= 0.6 is 0 Å². The molecule has 0 amide bonds. The average molecular weight is 268 g/mol. The SMILES string of the molecule is O=C(O)CC1(c2c(O)c(F)cc3c2OCCO3)CC1. The van der Waals surface area contributed by atoms with Crippen molar-refractivity contribution in [3.63, 3.8) is 0 Å². The average Bonchev–Trinajstić information content (AvgIpc) is 3.10. The Morgan fingerprint density at radius 1 is 1.37 bits per heavy atom. The Labute approximate surface area is 108 Å². The third kappa shape index (κ3) is 1.87. The van der Waals surface area contributed by atoms with Crippen molar-refractivity contribution in [1.82, 2.24) is 0 Å². The normalized spacial score (nSPS) is 19.0. The van der Waals surface area contributed by atoms with Crippen molar-refractivity contribution in [1.29, 1.82) is 0 Å². The molecule has 1 aromatic carbocycles. The third-order valence-electron chi connectivity index (χ3n) is 3.63. The molecule has 5 nitrogen and oxygen atoms in total. The van der Waals surface area contributed by atoms with E-state index in [1.54, 1.807) is 0 Å². The molecule has 0 saturated heterocycles. The summed E-state index contributed by atoms with van der Waals surface area (Å²) in [6.45, 7) is 0.608. The summed E-state index contributed by atoms with van der Waals surface area (Å²) in [5.41, 5.74) is -0.493. The zero-order valence-corrected chi connectivity index (χ0v) is 10.1. The number of hydrogen-bond donors (Lipinski definition) is 2. The van der Waals surface area contributed by atoms with Gasteiger partial charge in [0.15, 0.2) is 23.1 Å². The molecular weight excluding hydrogens is 255 g/mol. The lowest BCUT2D eigenvalue weighted by Crippen LogP contribution is -2.21. The van der Waals surface area contributed by atoms with Crippen LogP contribution in [-0.4, -0.2) is 29.4 Å². The highest BCUT2D eigenvalue weighted by molar-refractivity contribution is 5.72. The Balaban J connectivity index is 2.14. The van der Waals surface area contributed by atoms with E-state index in [1.807, 2.05) is 0 Å². The lowest BCUT2D eigenvalue weighted by Gasteiger charge is -2.25. The Morgan fingerprint density at radius 3 is 2.68 bits per heavy atom. The van der Waals surface area contributed by atoms with Crippen molar-refractivity contribution in [2.75, 3.05) is 13.2 Å². The highest BCUT2D eigenvalue weighted by atomic mass is 19.1. The van der Waals surface area contributed by atoms with Crippen LogP contribution in [-0.2, 0) is 10.2 Å². The summed E-state index contributed by atoms with van der Waals surface area (Å²) in [6.07, 6.45) is 1.03. The second-order valence-corrected chi connectivity index (χ2v) is 4.96. The summed E-state index contributed by atoms with van der Waals surface area (Å²) in [6, 6.07) is 1.07. The number of halogens is 1. The van der Waals surface area contributed by atoms with Crippen molar-refractivity contribution in [3.8, 4) is 17.2 Å². The smallest absolute Gasteiger partial charge is 0.304 e. The fraction of sp³-hybridized carbons (Fsp3) is 0.462. The first kappa shape index (κ1) is 12.1. The van der Waals surface area contributed by atoms with Crippen LogP contribution in [0.2, 0.25) is 0 Å². The first-order valence-electron chi connectivity index (χ1n) is 6.07. The van der Waals surface area contributed by atoms with Gasteiger partial charge in [-0.2, -0.15) is 0 Å². The quantitative estimate of drug-likeness (QED) is 0.874. The highest BCUT2D eigenvalue weighted by Gasteiger charge is 2.51. The predicted molar refractivity (Wildman–Crippen MR) is 62.2 cm³/mol. The molecule has 0 unspecified atom stereocenters. The third-order valence-corrected chi connectivity index (χ3v) is 3.63. The molecular formula is C13H13FO5. The van der Waals surface area contributed by atoms with E-state index in [9.17, 15) is 14.3 Å². The first-order chi connectivity index (χ1) is 9.03. The van der Waals surface area contributed by atoms with Crippen molar-refractivity contribution in [2.45, 2.75) is 24.7 Å². The molecule has 1 aliphatic heterocycles. The highest BCUT2D eigenvalue weighted by Crippen LogP contribution is 2.59. The number of aliphatic carboxylic acids is 1. The van der Waals surface area contributed by atoms with Gasteiger partial charge >= 0.3 is 5.97 Å². The molecule has 19 heavy (non-hydrogen) atoms. The first-order valence-corrected chi connectivity index (χ1v) is 6.07. The minimum Gasteiger partial charge on any atom is -0.505 e. The number of hydrogen-bond acceptors (Lipinski definition) is 4. The molecule has 0 bridgehead atoms. The van der Waals surface area contributed by atoms with Gasteiger partial charge in [-0.1, -0.05) is 0 Å². The van der Waals surface area contributed by atoms with E-state index in [0.29, 0.717) is 26.1 Å². The van der Waals surface area contributed by atoms with Gasteiger partial charge in [0.1, 0.15) is 13.2 Å².